The van der Waals surface area contributed by atoms with E-state index in [0.717, 1.165) is 18.8 Å². The van der Waals surface area contributed by atoms with Crippen molar-refractivity contribution >= 4 is 40.8 Å². The Hall–Kier alpha value is -2.90. The summed E-state index contributed by atoms with van der Waals surface area (Å²) in [4.78, 5) is 42.8. The molecule has 2 heterocycles. The number of halogens is 1. The number of amides is 2. The van der Waals surface area contributed by atoms with Crippen LogP contribution in [-0.4, -0.2) is 62.0 Å². The van der Waals surface area contributed by atoms with Gasteiger partial charge in [-0.25, -0.2) is 9.69 Å². The lowest BCUT2D eigenvalue weighted by Crippen LogP contribution is -2.52. The number of ether oxygens (including phenoxy) is 1. The number of anilines is 2. The van der Waals surface area contributed by atoms with Crippen molar-refractivity contribution in [2.24, 2.45) is 0 Å². The molecule has 8 heteroatoms. The lowest BCUT2D eigenvalue weighted by atomic mass is 10.1. The highest BCUT2D eigenvalue weighted by atomic mass is 35.5. The number of rotatable bonds is 4. The molecule has 0 N–H and O–H groups in total. The first kappa shape index (κ1) is 20.4. The van der Waals surface area contributed by atoms with E-state index in [1.165, 1.54) is 12.0 Å². The van der Waals surface area contributed by atoms with Gasteiger partial charge in [0.25, 0.3) is 5.91 Å². The maximum atomic E-state index is 13.0. The summed E-state index contributed by atoms with van der Waals surface area (Å²) in [5.74, 6) is -0.904. The van der Waals surface area contributed by atoms with E-state index in [1.54, 1.807) is 24.3 Å². The molecular formula is C22H22ClN3O4. The van der Waals surface area contributed by atoms with Gasteiger partial charge in [0.1, 0.15) is 0 Å². The molecule has 2 amide bonds. The minimum atomic E-state index is -0.461. The van der Waals surface area contributed by atoms with E-state index >= 15 is 0 Å². The molecule has 2 saturated heterocycles. The van der Waals surface area contributed by atoms with Crippen molar-refractivity contribution in [2.75, 3.05) is 43.1 Å². The summed E-state index contributed by atoms with van der Waals surface area (Å²) < 4.78 is 4.68. The first-order chi connectivity index (χ1) is 14.5. The second-order valence-electron chi connectivity index (χ2n) is 7.33. The van der Waals surface area contributed by atoms with Crippen LogP contribution in [0.25, 0.3) is 0 Å². The molecule has 7 nitrogen and oxygen atoms in total. The number of hydrogen-bond donors (Lipinski definition) is 0. The number of carbonyl (C=O) groups is 3. The highest BCUT2D eigenvalue weighted by Crippen LogP contribution is 2.28. The first-order valence-corrected chi connectivity index (χ1v) is 10.2. The summed E-state index contributed by atoms with van der Waals surface area (Å²) in [6.45, 7) is 2.93. The van der Waals surface area contributed by atoms with Crippen LogP contribution in [0.3, 0.4) is 0 Å². The molecule has 0 radical (unpaired) electrons. The Morgan fingerprint density at radius 2 is 1.53 bits per heavy atom. The van der Waals surface area contributed by atoms with Gasteiger partial charge in [-0.05, 0) is 48.5 Å². The van der Waals surface area contributed by atoms with Gasteiger partial charge in [0.05, 0.1) is 30.8 Å². The zero-order chi connectivity index (χ0) is 21.3. The largest absolute Gasteiger partial charge is 0.465 e. The van der Waals surface area contributed by atoms with E-state index in [2.05, 4.69) is 14.5 Å². The van der Waals surface area contributed by atoms with E-state index in [-0.39, 0.29) is 18.2 Å². The van der Waals surface area contributed by atoms with Crippen LogP contribution >= 0.6 is 11.6 Å². The molecule has 0 bridgehead atoms. The molecule has 1 atom stereocenters. The topological polar surface area (TPSA) is 70.2 Å². The summed E-state index contributed by atoms with van der Waals surface area (Å²) >= 11 is 5.96. The number of hydrogen-bond acceptors (Lipinski definition) is 6. The quantitative estimate of drug-likeness (QED) is 0.551. The molecule has 2 fully saturated rings. The Labute approximate surface area is 179 Å². The molecule has 0 spiro atoms. The zero-order valence-electron chi connectivity index (χ0n) is 16.6. The monoisotopic (exact) mass is 427 g/mol. The normalized spacial score (nSPS) is 20.0. The number of nitrogens with zero attached hydrogens (tertiary/aromatic N) is 3. The molecule has 0 aromatic heterocycles. The third-order valence-corrected chi connectivity index (χ3v) is 5.87. The molecule has 2 aliphatic rings. The maximum absolute atomic E-state index is 13.0. The molecule has 30 heavy (non-hydrogen) atoms. The van der Waals surface area contributed by atoms with Crippen molar-refractivity contribution in [3.63, 3.8) is 0 Å². The van der Waals surface area contributed by atoms with Gasteiger partial charge in [-0.1, -0.05) is 11.6 Å². The number of imide groups is 1. The van der Waals surface area contributed by atoms with Gasteiger partial charge in [-0.15, -0.1) is 0 Å². The summed E-state index contributed by atoms with van der Waals surface area (Å²) in [5, 5.41) is 0.701. The molecule has 2 aromatic carbocycles. The van der Waals surface area contributed by atoms with Crippen LogP contribution in [0.1, 0.15) is 16.8 Å². The molecule has 0 unspecified atom stereocenters. The number of esters is 1. The standard InChI is InChI=1S/C22H22ClN3O4/c1-30-22(29)15-2-6-18(7-3-15)26-20(27)14-19(21(26)28)25-12-10-24(11-13-25)17-8-4-16(23)5-9-17/h2-9,19H,10-14H2,1H3/t19-/m0/s1. The van der Waals surface area contributed by atoms with Gasteiger partial charge in [0.15, 0.2) is 0 Å². The van der Waals surface area contributed by atoms with Crippen molar-refractivity contribution in [3.8, 4) is 0 Å². The van der Waals surface area contributed by atoms with Crippen LogP contribution in [-0.2, 0) is 14.3 Å². The van der Waals surface area contributed by atoms with Crippen LogP contribution in [0.4, 0.5) is 11.4 Å². The van der Waals surface area contributed by atoms with Gasteiger partial charge >= 0.3 is 5.97 Å². The van der Waals surface area contributed by atoms with Crippen LogP contribution in [0.5, 0.6) is 0 Å². The summed E-state index contributed by atoms with van der Waals surface area (Å²) in [7, 11) is 1.31. The highest BCUT2D eigenvalue weighted by Gasteiger charge is 2.43. The third kappa shape index (κ3) is 3.91. The summed E-state index contributed by atoms with van der Waals surface area (Å²) in [5.41, 5.74) is 1.94. The Morgan fingerprint density at radius 1 is 0.933 bits per heavy atom. The summed E-state index contributed by atoms with van der Waals surface area (Å²) in [6.07, 6.45) is 0.165. The average Bonchev–Trinajstić information content (AvgIpc) is 3.08. The Morgan fingerprint density at radius 3 is 2.13 bits per heavy atom. The fraction of sp³-hybridized carbons (Fsp3) is 0.318. The lowest BCUT2D eigenvalue weighted by Gasteiger charge is -2.38. The fourth-order valence-electron chi connectivity index (χ4n) is 3.98. The Kier molecular flexibility index (Phi) is 5.74. The lowest BCUT2D eigenvalue weighted by molar-refractivity contribution is -0.123. The van der Waals surface area contributed by atoms with E-state index < -0.39 is 12.0 Å². The molecule has 0 aliphatic carbocycles. The van der Waals surface area contributed by atoms with E-state index in [4.69, 9.17) is 11.6 Å². The number of methoxy groups -OCH3 is 1. The molecule has 2 aliphatic heterocycles. The number of benzene rings is 2. The highest BCUT2D eigenvalue weighted by molar-refractivity contribution is 6.30. The fourth-order valence-corrected chi connectivity index (χ4v) is 4.11. The van der Waals surface area contributed by atoms with Crippen molar-refractivity contribution in [1.82, 2.24) is 4.90 Å². The van der Waals surface area contributed by atoms with Gasteiger partial charge < -0.3 is 9.64 Å². The predicted octanol–water partition coefficient (Wildman–Crippen LogP) is 2.58. The van der Waals surface area contributed by atoms with Crippen LogP contribution in [0.15, 0.2) is 48.5 Å². The second kappa shape index (κ2) is 8.45. The predicted molar refractivity (Wildman–Crippen MR) is 114 cm³/mol. The molecule has 0 saturated carbocycles. The third-order valence-electron chi connectivity index (χ3n) is 5.62. The zero-order valence-corrected chi connectivity index (χ0v) is 17.3. The van der Waals surface area contributed by atoms with E-state index in [1.807, 2.05) is 24.3 Å². The van der Waals surface area contributed by atoms with Crippen LogP contribution in [0.2, 0.25) is 5.02 Å². The molecular weight excluding hydrogens is 406 g/mol. The van der Waals surface area contributed by atoms with Gasteiger partial charge in [-0.3, -0.25) is 14.5 Å². The minimum Gasteiger partial charge on any atom is -0.465 e. The second-order valence-corrected chi connectivity index (χ2v) is 7.76. The smallest absolute Gasteiger partial charge is 0.337 e. The van der Waals surface area contributed by atoms with Crippen molar-refractivity contribution < 1.29 is 19.1 Å². The maximum Gasteiger partial charge on any atom is 0.337 e. The van der Waals surface area contributed by atoms with Gasteiger partial charge in [-0.2, -0.15) is 0 Å². The minimum absolute atomic E-state index is 0.165. The number of piperazine rings is 1. The average molecular weight is 428 g/mol. The molecule has 4 rings (SSSR count). The molecule has 2 aromatic rings. The van der Waals surface area contributed by atoms with Crippen molar-refractivity contribution in [1.29, 1.82) is 0 Å². The number of carbonyl (C=O) groups excluding carboxylic acids is 3. The molecule has 156 valence electrons. The van der Waals surface area contributed by atoms with Gasteiger partial charge in [0, 0.05) is 36.9 Å². The van der Waals surface area contributed by atoms with Crippen molar-refractivity contribution in [3.05, 3.63) is 59.1 Å². The Balaban J connectivity index is 1.42. The van der Waals surface area contributed by atoms with E-state index in [9.17, 15) is 14.4 Å². The van der Waals surface area contributed by atoms with Crippen LogP contribution in [0, 0.1) is 0 Å². The summed E-state index contributed by atoms with van der Waals surface area (Å²) in [6, 6.07) is 13.6. The Bertz CT molecular complexity index is 953. The SMILES string of the molecule is COC(=O)c1ccc(N2C(=O)C[C@H](N3CCN(c4ccc(Cl)cc4)CC3)C2=O)cc1. The van der Waals surface area contributed by atoms with Gasteiger partial charge in [0.2, 0.25) is 5.91 Å². The van der Waals surface area contributed by atoms with E-state index in [0.29, 0.717) is 29.4 Å². The first-order valence-electron chi connectivity index (χ1n) is 9.77. The van der Waals surface area contributed by atoms with Crippen LogP contribution < -0.4 is 9.80 Å². The van der Waals surface area contributed by atoms with Crippen molar-refractivity contribution in [2.45, 2.75) is 12.5 Å².